The summed E-state index contributed by atoms with van der Waals surface area (Å²) in [5.41, 5.74) is 0.936. The molecule has 7 heteroatoms. The predicted octanol–water partition coefficient (Wildman–Crippen LogP) is 2.20. The first-order valence-electron chi connectivity index (χ1n) is 9.50. The number of hydrogen-bond acceptors (Lipinski definition) is 5. The molecular formula is C20H29N5O2. The molecule has 1 fully saturated rings. The maximum Gasteiger partial charge on any atom is 0.191 e. The van der Waals surface area contributed by atoms with Crippen LogP contribution >= 0.6 is 0 Å². The summed E-state index contributed by atoms with van der Waals surface area (Å²) >= 11 is 0. The molecule has 1 aliphatic rings. The quantitative estimate of drug-likeness (QED) is 0.547. The summed E-state index contributed by atoms with van der Waals surface area (Å²) in [7, 11) is 3.97. The highest BCUT2D eigenvalue weighted by Crippen LogP contribution is 2.11. The van der Waals surface area contributed by atoms with Gasteiger partial charge in [-0.1, -0.05) is 6.07 Å². The third-order valence-corrected chi connectivity index (χ3v) is 4.41. The Morgan fingerprint density at radius 3 is 2.93 bits per heavy atom. The van der Waals surface area contributed by atoms with Gasteiger partial charge in [0, 0.05) is 40.2 Å². The fraction of sp³-hybridized carbons (Fsp3) is 0.500. The van der Waals surface area contributed by atoms with E-state index in [0.717, 1.165) is 62.2 Å². The number of rotatable bonds is 8. The maximum atomic E-state index is 5.69. The smallest absolute Gasteiger partial charge is 0.191 e. The number of anilines is 1. The first-order valence-corrected chi connectivity index (χ1v) is 9.50. The first kappa shape index (κ1) is 19.2. The Labute approximate surface area is 160 Å². The van der Waals surface area contributed by atoms with Crippen LogP contribution in [0.5, 0.6) is 0 Å². The summed E-state index contributed by atoms with van der Waals surface area (Å²) in [4.78, 5) is 11.3. The molecule has 0 radical (unpaired) electrons. The van der Waals surface area contributed by atoms with Crippen molar-refractivity contribution in [3.63, 3.8) is 0 Å². The molecule has 0 aliphatic carbocycles. The maximum absolute atomic E-state index is 5.69. The monoisotopic (exact) mass is 371 g/mol. The van der Waals surface area contributed by atoms with Crippen LogP contribution in [0.15, 0.2) is 46.0 Å². The molecule has 1 aliphatic heterocycles. The zero-order valence-electron chi connectivity index (χ0n) is 16.1. The summed E-state index contributed by atoms with van der Waals surface area (Å²) in [6.45, 7) is 2.88. The van der Waals surface area contributed by atoms with E-state index in [1.807, 2.05) is 49.3 Å². The van der Waals surface area contributed by atoms with E-state index in [1.165, 1.54) is 0 Å². The Hall–Kier alpha value is -2.54. The van der Waals surface area contributed by atoms with Crippen LogP contribution in [0.3, 0.4) is 0 Å². The van der Waals surface area contributed by atoms with E-state index in [1.54, 1.807) is 6.26 Å². The Morgan fingerprint density at radius 2 is 2.19 bits per heavy atom. The van der Waals surface area contributed by atoms with Crippen LogP contribution in [0.25, 0.3) is 0 Å². The highest BCUT2D eigenvalue weighted by molar-refractivity contribution is 5.79. The van der Waals surface area contributed by atoms with E-state index in [4.69, 9.17) is 14.1 Å². The van der Waals surface area contributed by atoms with Crippen molar-refractivity contribution >= 4 is 11.8 Å². The Balaban J connectivity index is 1.58. The van der Waals surface area contributed by atoms with Gasteiger partial charge in [0.1, 0.15) is 11.6 Å². The normalized spacial score (nSPS) is 17.1. The highest BCUT2D eigenvalue weighted by Gasteiger charge is 2.15. The molecule has 0 amide bonds. The SMILES string of the molecule is CN(C)c1cccc(CN=C(NCCc2ccco2)NCC2CCCO2)n1. The van der Waals surface area contributed by atoms with Gasteiger partial charge in [-0.3, -0.25) is 0 Å². The summed E-state index contributed by atoms with van der Waals surface area (Å²) in [5, 5.41) is 6.77. The molecule has 7 nitrogen and oxygen atoms in total. The van der Waals surface area contributed by atoms with Crippen LogP contribution in [0.4, 0.5) is 5.82 Å². The van der Waals surface area contributed by atoms with Gasteiger partial charge in [0.05, 0.1) is 24.6 Å². The Morgan fingerprint density at radius 1 is 1.26 bits per heavy atom. The van der Waals surface area contributed by atoms with Crippen LogP contribution in [0, 0.1) is 0 Å². The zero-order valence-corrected chi connectivity index (χ0v) is 16.1. The lowest BCUT2D eigenvalue weighted by Crippen LogP contribution is -2.41. The second-order valence-electron chi connectivity index (χ2n) is 6.82. The predicted molar refractivity (Wildman–Crippen MR) is 107 cm³/mol. The fourth-order valence-corrected chi connectivity index (χ4v) is 2.91. The van der Waals surface area contributed by atoms with Crippen molar-refractivity contribution in [3.8, 4) is 0 Å². The average Bonchev–Trinajstić information content (AvgIpc) is 3.37. The van der Waals surface area contributed by atoms with E-state index < -0.39 is 0 Å². The van der Waals surface area contributed by atoms with Crippen LogP contribution in [0.1, 0.15) is 24.3 Å². The molecule has 0 aromatic carbocycles. The van der Waals surface area contributed by atoms with E-state index in [9.17, 15) is 0 Å². The molecule has 2 aromatic heterocycles. The number of ether oxygens (including phenoxy) is 1. The molecule has 0 spiro atoms. The molecule has 0 bridgehead atoms. The molecule has 3 heterocycles. The minimum atomic E-state index is 0.261. The number of aliphatic imine (C=N–C) groups is 1. The van der Waals surface area contributed by atoms with Gasteiger partial charge in [-0.25, -0.2) is 9.98 Å². The topological polar surface area (TPSA) is 74.9 Å². The second-order valence-corrected chi connectivity index (χ2v) is 6.82. The molecule has 1 atom stereocenters. The summed E-state index contributed by atoms with van der Waals surface area (Å²) in [5.74, 6) is 2.66. The van der Waals surface area contributed by atoms with Gasteiger partial charge in [-0.15, -0.1) is 0 Å². The summed E-state index contributed by atoms with van der Waals surface area (Å²) < 4.78 is 11.1. The third kappa shape index (κ3) is 6.29. The molecule has 3 rings (SSSR count). The van der Waals surface area contributed by atoms with Crippen LogP contribution in [-0.4, -0.2) is 50.8 Å². The van der Waals surface area contributed by atoms with Crippen molar-refractivity contribution in [3.05, 3.63) is 48.0 Å². The number of hydrogen-bond donors (Lipinski definition) is 2. The van der Waals surface area contributed by atoms with Crippen LogP contribution < -0.4 is 15.5 Å². The van der Waals surface area contributed by atoms with Crippen molar-refractivity contribution in [1.82, 2.24) is 15.6 Å². The van der Waals surface area contributed by atoms with Crippen molar-refractivity contribution in [2.45, 2.75) is 31.9 Å². The average molecular weight is 371 g/mol. The molecular weight excluding hydrogens is 342 g/mol. The fourth-order valence-electron chi connectivity index (χ4n) is 2.91. The van der Waals surface area contributed by atoms with Crippen molar-refractivity contribution in [2.75, 3.05) is 38.7 Å². The van der Waals surface area contributed by atoms with E-state index >= 15 is 0 Å². The second kappa shape index (κ2) is 9.97. The van der Waals surface area contributed by atoms with E-state index in [0.29, 0.717) is 6.54 Å². The molecule has 0 saturated carbocycles. The van der Waals surface area contributed by atoms with Crippen molar-refractivity contribution < 1.29 is 9.15 Å². The molecule has 27 heavy (non-hydrogen) atoms. The summed E-state index contributed by atoms with van der Waals surface area (Å²) in [6, 6.07) is 9.89. The number of nitrogens with zero attached hydrogens (tertiary/aromatic N) is 3. The number of nitrogens with one attached hydrogen (secondary N) is 2. The lowest BCUT2D eigenvalue weighted by atomic mass is 10.2. The van der Waals surface area contributed by atoms with Gasteiger partial charge >= 0.3 is 0 Å². The van der Waals surface area contributed by atoms with Gasteiger partial charge in [0.2, 0.25) is 0 Å². The number of guanidine groups is 1. The third-order valence-electron chi connectivity index (χ3n) is 4.41. The number of pyridine rings is 1. The number of aromatic nitrogens is 1. The van der Waals surface area contributed by atoms with E-state index in [-0.39, 0.29) is 6.10 Å². The van der Waals surface area contributed by atoms with Gasteiger partial charge in [0.15, 0.2) is 5.96 Å². The molecule has 2 N–H and O–H groups in total. The summed E-state index contributed by atoms with van der Waals surface area (Å²) in [6.07, 6.45) is 4.99. The largest absolute Gasteiger partial charge is 0.469 e. The first-order chi connectivity index (χ1) is 13.2. The van der Waals surface area contributed by atoms with Crippen molar-refractivity contribution in [2.24, 2.45) is 4.99 Å². The number of furan rings is 1. The standard InChI is InChI=1S/C20H29N5O2/c1-25(2)19-9-3-6-16(24-19)14-22-20(23-15-18-8-5-13-27-18)21-11-10-17-7-4-12-26-17/h3-4,6-7,9,12,18H,5,8,10-11,13-15H2,1-2H3,(H2,21,22,23). The lowest BCUT2D eigenvalue weighted by molar-refractivity contribution is 0.114. The van der Waals surface area contributed by atoms with E-state index in [2.05, 4.69) is 15.6 Å². The van der Waals surface area contributed by atoms with Gasteiger partial charge in [-0.05, 0) is 37.1 Å². The van der Waals surface area contributed by atoms with Gasteiger partial charge < -0.3 is 24.7 Å². The van der Waals surface area contributed by atoms with Gasteiger partial charge in [-0.2, -0.15) is 0 Å². The Bertz CT molecular complexity index is 709. The molecule has 1 saturated heterocycles. The zero-order chi connectivity index (χ0) is 18.9. The minimum absolute atomic E-state index is 0.261. The van der Waals surface area contributed by atoms with Gasteiger partial charge in [0.25, 0.3) is 0 Å². The van der Waals surface area contributed by atoms with Crippen molar-refractivity contribution in [1.29, 1.82) is 0 Å². The van der Waals surface area contributed by atoms with Crippen LogP contribution in [0.2, 0.25) is 0 Å². The molecule has 1 unspecified atom stereocenters. The van der Waals surface area contributed by atoms with Crippen LogP contribution in [-0.2, 0) is 17.7 Å². The molecule has 146 valence electrons. The highest BCUT2D eigenvalue weighted by atomic mass is 16.5. The molecule has 2 aromatic rings. The lowest BCUT2D eigenvalue weighted by Gasteiger charge is -2.16. The minimum Gasteiger partial charge on any atom is -0.469 e. The Kier molecular flexibility index (Phi) is 7.10.